The normalized spacial score (nSPS) is 12.9. The van der Waals surface area contributed by atoms with E-state index in [0.717, 1.165) is 29.0 Å². The van der Waals surface area contributed by atoms with Crippen LogP contribution in [0.4, 0.5) is 4.79 Å². The highest BCUT2D eigenvalue weighted by molar-refractivity contribution is 6.31. The summed E-state index contributed by atoms with van der Waals surface area (Å²) in [6.07, 6.45) is 1.17. The number of ether oxygens (including phenoxy) is 1. The summed E-state index contributed by atoms with van der Waals surface area (Å²) in [5.74, 6) is 0. The molecule has 0 heterocycles. The van der Waals surface area contributed by atoms with Gasteiger partial charge in [0.15, 0.2) is 0 Å². The van der Waals surface area contributed by atoms with Crippen LogP contribution in [0.2, 0.25) is 5.02 Å². The minimum absolute atomic E-state index is 0.00883. The van der Waals surface area contributed by atoms with E-state index in [9.17, 15) is 4.79 Å². The van der Waals surface area contributed by atoms with E-state index in [1.165, 1.54) is 0 Å². The van der Waals surface area contributed by atoms with Gasteiger partial charge in [-0.05, 0) is 57.7 Å². The molecule has 0 spiro atoms. The van der Waals surface area contributed by atoms with E-state index in [2.05, 4.69) is 6.07 Å². The maximum absolute atomic E-state index is 11.9. The summed E-state index contributed by atoms with van der Waals surface area (Å²) in [7, 11) is 1.73. The van der Waals surface area contributed by atoms with Gasteiger partial charge in [-0.2, -0.15) is 0 Å². The van der Waals surface area contributed by atoms with Crippen LogP contribution in [0.15, 0.2) is 18.2 Å². The summed E-state index contributed by atoms with van der Waals surface area (Å²) >= 11 is 6.02. The fraction of sp³-hybridized carbons (Fsp3) is 0.588. The van der Waals surface area contributed by atoms with Gasteiger partial charge in [-0.25, -0.2) is 4.79 Å². The van der Waals surface area contributed by atoms with Crippen molar-refractivity contribution in [2.45, 2.75) is 52.2 Å². The molecule has 1 aromatic rings. The average Bonchev–Trinajstić information content (AvgIpc) is 2.38. The Bertz CT molecular complexity index is 512. The maximum atomic E-state index is 11.9. The van der Waals surface area contributed by atoms with Gasteiger partial charge in [0.2, 0.25) is 0 Å². The molecular formula is C17H27ClN2O2. The molecule has 0 bridgehead atoms. The van der Waals surface area contributed by atoms with Crippen LogP contribution in [0.1, 0.15) is 38.3 Å². The lowest BCUT2D eigenvalue weighted by atomic mass is 10.0. The van der Waals surface area contributed by atoms with Crippen molar-refractivity contribution in [3.8, 4) is 0 Å². The number of carbonyl (C=O) groups excluding carboxylic acids is 1. The fourth-order valence-electron chi connectivity index (χ4n) is 2.03. The maximum Gasteiger partial charge on any atom is 0.410 e. The second-order valence-corrected chi connectivity index (χ2v) is 7.15. The Morgan fingerprint density at radius 2 is 2.05 bits per heavy atom. The summed E-state index contributed by atoms with van der Waals surface area (Å²) in [5.41, 5.74) is 7.89. The SMILES string of the molecule is Cc1cc(CC(N)CCN(C)C(=O)OC(C)(C)C)ccc1Cl. The summed E-state index contributed by atoms with van der Waals surface area (Å²) in [5, 5.41) is 0.766. The average molecular weight is 327 g/mol. The number of rotatable bonds is 5. The Morgan fingerprint density at radius 1 is 1.41 bits per heavy atom. The molecule has 1 amide bonds. The molecule has 1 rings (SSSR count). The molecule has 1 unspecified atom stereocenters. The second-order valence-electron chi connectivity index (χ2n) is 6.74. The number of benzene rings is 1. The highest BCUT2D eigenvalue weighted by atomic mass is 35.5. The monoisotopic (exact) mass is 326 g/mol. The van der Waals surface area contributed by atoms with Crippen molar-refractivity contribution in [3.63, 3.8) is 0 Å². The zero-order valence-electron chi connectivity index (χ0n) is 14.1. The number of nitrogens with zero attached hydrogens (tertiary/aromatic N) is 1. The van der Waals surface area contributed by atoms with Crippen LogP contribution in [-0.4, -0.2) is 36.2 Å². The second kappa shape index (κ2) is 7.84. The molecular weight excluding hydrogens is 300 g/mol. The zero-order chi connectivity index (χ0) is 16.9. The molecule has 1 aromatic carbocycles. The molecule has 0 saturated carbocycles. The summed E-state index contributed by atoms with van der Waals surface area (Å²) in [4.78, 5) is 13.4. The third kappa shape index (κ3) is 6.67. The Balaban J connectivity index is 2.43. The van der Waals surface area contributed by atoms with Gasteiger partial charge in [-0.1, -0.05) is 23.7 Å². The Morgan fingerprint density at radius 3 is 2.59 bits per heavy atom. The predicted octanol–water partition coefficient (Wildman–Crippen LogP) is 3.78. The molecule has 5 heteroatoms. The van der Waals surface area contributed by atoms with E-state index in [0.29, 0.717) is 6.54 Å². The van der Waals surface area contributed by atoms with Crippen molar-refractivity contribution in [1.82, 2.24) is 4.90 Å². The van der Waals surface area contributed by atoms with E-state index in [4.69, 9.17) is 22.1 Å². The van der Waals surface area contributed by atoms with E-state index < -0.39 is 5.60 Å². The van der Waals surface area contributed by atoms with Gasteiger partial charge in [0.25, 0.3) is 0 Å². The highest BCUT2D eigenvalue weighted by Crippen LogP contribution is 2.17. The Labute approximate surface area is 138 Å². The number of aryl methyl sites for hydroxylation is 1. The third-order valence-electron chi connectivity index (χ3n) is 3.26. The molecule has 0 radical (unpaired) electrons. The standard InChI is InChI=1S/C17H27ClN2O2/c1-12-10-13(6-7-15(12)18)11-14(19)8-9-20(5)16(21)22-17(2,3)4/h6-7,10,14H,8-9,11,19H2,1-5H3. The smallest absolute Gasteiger partial charge is 0.410 e. The van der Waals surface area contributed by atoms with Crippen molar-refractivity contribution < 1.29 is 9.53 Å². The first-order valence-corrected chi connectivity index (χ1v) is 7.91. The van der Waals surface area contributed by atoms with Crippen LogP contribution in [0.5, 0.6) is 0 Å². The molecule has 1 atom stereocenters. The summed E-state index contributed by atoms with van der Waals surface area (Å²) < 4.78 is 5.31. The molecule has 4 nitrogen and oxygen atoms in total. The first-order chi connectivity index (χ1) is 10.1. The highest BCUT2D eigenvalue weighted by Gasteiger charge is 2.19. The van der Waals surface area contributed by atoms with Crippen LogP contribution in [0.3, 0.4) is 0 Å². The van der Waals surface area contributed by atoms with Crippen LogP contribution >= 0.6 is 11.6 Å². The van der Waals surface area contributed by atoms with Crippen molar-refractivity contribution in [2.75, 3.05) is 13.6 Å². The summed E-state index contributed by atoms with van der Waals surface area (Å²) in [6, 6.07) is 5.93. The van der Waals surface area contributed by atoms with E-state index >= 15 is 0 Å². The van der Waals surface area contributed by atoms with Crippen molar-refractivity contribution >= 4 is 17.7 Å². The minimum atomic E-state index is -0.478. The largest absolute Gasteiger partial charge is 0.444 e. The minimum Gasteiger partial charge on any atom is -0.444 e. The van der Waals surface area contributed by atoms with E-state index in [-0.39, 0.29) is 12.1 Å². The number of carbonyl (C=O) groups is 1. The Kier molecular flexibility index (Phi) is 6.69. The van der Waals surface area contributed by atoms with Gasteiger partial charge in [0, 0.05) is 24.7 Å². The first-order valence-electron chi connectivity index (χ1n) is 7.53. The van der Waals surface area contributed by atoms with Gasteiger partial charge >= 0.3 is 6.09 Å². The zero-order valence-corrected chi connectivity index (χ0v) is 14.9. The van der Waals surface area contributed by atoms with E-state index in [1.807, 2.05) is 39.8 Å². The molecule has 124 valence electrons. The number of halogens is 1. The summed E-state index contributed by atoms with van der Waals surface area (Å²) in [6.45, 7) is 8.12. The molecule has 0 aliphatic rings. The van der Waals surface area contributed by atoms with Gasteiger partial charge in [-0.3, -0.25) is 0 Å². The number of hydrogen-bond donors (Lipinski definition) is 1. The van der Waals surface area contributed by atoms with Gasteiger partial charge in [0.1, 0.15) is 5.60 Å². The molecule has 2 N–H and O–H groups in total. The van der Waals surface area contributed by atoms with Crippen LogP contribution < -0.4 is 5.73 Å². The van der Waals surface area contributed by atoms with Crippen LogP contribution in [0, 0.1) is 6.92 Å². The van der Waals surface area contributed by atoms with Crippen molar-refractivity contribution in [2.24, 2.45) is 5.73 Å². The lowest BCUT2D eigenvalue weighted by molar-refractivity contribution is 0.0295. The van der Waals surface area contributed by atoms with Gasteiger partial charge in [-0.15, -0.1) is 0 Å². The number of amides is 1. The number of hydrogen-bond acceptors (Lipinski definition) is 3. The van der Waals surface area contributed by atoms with Crippen LogP contribution in [0.25, 0.3) is 0 Å². The molecule has 0 saturated heterocycles. The van der Waals surface area contributed by atoms with Gasteiger partial charge < -0.3 is 15.4 Å². The predicted molar refractivity (Wildman–Crippen MR) is 91.3 cm³/mol. The quantitative estimate of drug-likeness (QED) is 0.896. The lowest BCUT2D eigenvalue weighted by Crippen LogP contribution is -2.37. The topological polar surface area (TPSA) is 55.6 Å². The first kappa shape index (κ1) is 18.8. The fourth-order valence-corrected chi connectivity index (χ4v) is 2.15. The third-order valence-corrected chi connectivity index (χ3v) is 3.68. The lowest BCUT2D eigenvalue weighted by Gasteiger charge is -2.25. The number of nitrogens with two attached hydrogens (primary N) is 1. The molecule has 0 aliphatic heterocycles. The van der Waals surface area contributed by atoms with E-state index in [1.54, 1.807) is 11.9 Å². The molecule has 0 fully saturated rings. The van der Waals surface area contributed by atoms with Crippen molar-refractivity contribution in [3.05, 3.63) is 34.3 Å². The molecule has 22 heavy (non-hydrogen) atoms. The molecule has 0 aliphatic carbocycles. The Hall–Kier alpha value is -1.26. The van der Waals surface area contributed by atoms with Crippen molar-refractivity contribution in [1.29, 1.82) is 0 Å². The van der Waals surface area contributed by atoms with Gasteiger partial charge in [0.05, 0.1) is 0 Å². The molecule has 0 aromatic heterocycles. The van der Waals surface area contributed by atoms with Crippen LogP contribution in [-0.2, 0) is 11.2 Å².